The van der Waals surface area contributed by atoms with Crippen LogP contribution in [0.4, 0.5) is 11.4 Å². The van der Waals surface area contributed by atoms with Crippen molar-refractivity contribution in [3.63, 3.8) is 0 Å². The molecular formula is C6H12N6S2. The van der Waals surface area contributed by atoms with E-state index in [4.69, 9.17) is 19.8 Å². The second kappa shape index (κ2) is 5.05. The molecule has 14 heavy (non-hydrogen) atoms. The summed E-state index contributed by atoms with van der Waals surface area (Å²) in [5.74, 6) is 0. The summed E-state index contributed by atoms with van der Waals surface area (Å²) in [4.78, 5) is 0. The molecule has 1 rings (SSSR count). The van der Waals surface area contributed by atoms with Gasteiger partial charge in [0.1, 0.15) is 0 Å². The Labute approximate surface area is 87.4 Å². The quantitative estimate of drug-likeness (QED) is 0.460. The molecule has 0 aliphatic heterocycles. The predicted molar refractivity (Wildman–Crippen MR) is 62.2 cm³/mol. The maximum absolute atomic E-state index is 7.11. The second-order valence-electron chi connectivity index (χ2n) is 2.46. The summed E-state index contributed by atoms with van der Waals surface area (Å²) < 4.78 is 19.7. The van der Waals surface area contributed by atoms with Crippen LogP contribution >= 0.6 is 0 Å². The summed E-state index contributed by atoms with van der Waals surface area (Å²) in [6.07, 6.45) is 0. The molecule has 0 bridgehead atoms. The van der Waals surface area contributed by atoms with Gasteiger partial charge in [-0.15, -0.1) is 0 Å². The molecule has 0 aromatic heterocycles. The first kappa shape index (κ1) is 11.1. The van der Waals surface area contributed by atoms with Gasteiger partial charge in [-0.05, 0) is 24.3 Å². The lowest BCUT2D eigenvalue weighted by molar-refractivity contribution is 1.56. The molecule has 0 saturated carbocycles. The lowest BCUT2D eigenvalue weighted by atomic mass is 10.3. The zero-order valence-electron chi connectivity index (χ0n) is 7.28. The Morgan fingerprint density at radius 1 is 0.857 bits per heavy atom. The number of hydrogen-bond acceptors (Lipinski definition) is 2. The van der Waals surface area contributed by atoms with E-state index < -0.39 is 22.1 Å². The van der Waals surface area contributed by atoms with Crippen LogP contribution in [0.1, 0.15) is 0 Å². The minimum Gasteiger partial charge on any atom is -0.310 e. The van der Waals surface area contributed by atoms with Crippen LogP contribution in [0.25, 0.3) is 0 Å². The first-order valence-corrected chi connectivity index (χ1v) is 6.19. The van der Waals surface area contributed by atoms with E-state index in [1.54, 1.807) is 24.3 Å². The average Bonchev–Trinajstić information content (AvgIpc) is 2.06. The molecule has 2 unspecified atom stereocenters. The number of nitrogens with one attached hydrogen (secondary N) is 4. The fraction of sp³-hybridized carbons (Fsp3) is 0. The van der Waals surface area contributed by atoms with Crippen molar-refractivity contribution in [3.8, 4) is 0 Å². The van der Waals surface area contributed by atoms with Crippen LogP contribution in [0.15, 0.2) is 24.3 Å². The van der Waals surface area contributed by atoms with Gasteiger partial charge in [0.25, 0.3) is 0 Å². The molecule has 78 valence electrons. The highest BCUT2D eigenvalue weighted by atomic mass is 32.2. The van der Waals surface area contributed by atoms with E-state index in [0.29, 0.717) is 0 Å². The standard InChI is InChI=1S/C6H12N6S2/c7-13(8)11-5-1-2-6(4-3-5)12-14(9)10/h1-4H,(H4,7,8,11)(H4,9,10,12). The fourth-order valence-corrected chi connectivity index (χ4v) is 1.64. The fourth-order valence-electron chi connectivity index (χ4n) is 0.860. The minimum atomic E-state index is -1.06. The van der Waals surface area contributed by atoms with Crippen LogP contribution in [0, 0.1) is 9.56 Å². The van der Waals surface area contributed by atoms with Crippen LogP contribution in [0.3, 0.4) is 0 Å². The van der Waals surface area contributed by atoms with Gasteiger partial charge in [-0.3, -0.25) is 10.3 Å². The SMILES string of the molecule is N=S(N)Nc1ccc(NS(=N)N)cc1. The van der Waals surface area contributed by atoms with Crippen molar-refractivity contribution in [1.29, 1.82) is 9.56 Å². The van der Waals surface area contributed by atoms with E-state index >= 15 is 0 Å². The molecule has 1 aromatic rings. The van der Waals surface area contributed by atoms with Crippen molar-refractivity contribution in [2.45, 2.75) is 0 Å². The number of nitrogens with two attached hydrogens (primary N) is 2. The van der Waals surface area contributed by atoms with Crippen molar-refractivity contribution >= 4 is 33.5 Å². The molecule has 0 heterocycles. The number of hydrogen-bond donors (Lipinski definition) is 6. The monoisotopic (exact) mass is 232 g/mol. The van der Waals surface area contributed by atoms with Gasteiger partial charge in [-0.25, -0.2) is 9.56 Å². The zero-order chi connectivity index (χ0) is 10.6. The average molecular weight is 232 g/mol. The van der Waals surface area contributed by atoms with Crippen molar-refractivity contribution in [2.24, 2.45) is 10.3 Å². The normalized spacial score (nSPS) is 14.4. The minimum absolute atomic E-state index is 0.776. The molecule has 1 aromatic carbocycles. The molecule has 8 heteroatoms. The maximum atomic E-state index is 7.11. The highest BCUT2D eigenvalue weighted by Gasteiger charge is 1.94. The number of rotatable bonds is 4. The summed E-state index contributed by atoms with van der Waals surface area (Å²) >= 11 is -2.13. The Kier molecular flexibility index (Phi) is 4.01. The van der Waals surface area contributed by atoms with Crippen LogP contribution < -0.4 is 19.7 Å². The maximum Gasteiger partial charge on any atom is 0.0607 e. The molecule has 2 atom stereocenters. The van der Waals surface area contributed by atoms with Gasteiger partial charge < -0.3 is 9.44 Å². The van der Waals surface area contributed by atoms with Crippen molar-refractivity contribution in [3.05, 3.63) is 24.3 Å². The van der Waals surface area contributed by atoms with Crippen molar-refractivity contribution < 1.29 is 0 Å². The topological polar surface area (TPSA) is 124 Å². The third-order valence-corrected chi connectivity index (χ3v) is 2.25. The van der Waals surface area contributed by atoms with Gasteiger partial charge >= 0.3 is 0 Å². The summed E-state index contributed by atoms with van der Waals surface area (Å²) in [7, 11) is 0. The largest absolute Gasteiger partial charge is 0.310 e. The molecule has 0 aliphatic rings. The predicted octanol–water partition coefficient (Wildman–Crippen LogP) is 0.849. The first-order chi connectivity index (χ1) is 6.58. The van der Waals surface area contributed by atoms with Gasteiger partial charge in [0.15, 0.2) is 0 Å². The van der Waals surface area contributed by atoms with E-state index in [-0.39, 0.29) is 0 Å². The zero-order valence-corrected chi connectivity index (χ0v) is 8.91. The Morgan fingerprint density at radius 3 is 1.36 bits per heavy atom. The van der Waals surface area contributed by atoms with E-state index in [0.717, 1.165) is 11.4 Å². The molecule has 0 radical (unpaired) electrons. The molecule has 0 amide bonds. The van der Waals surface area contributed by atoms with Gasteiger partial charge in [-0.2, -0.15) is 0 Å². The first-order valence-electron chi connectivity index (χ1n) is 3.61. The number of anilines is 2. The summed E-state index contributed by atoms with van der Waals surface area (Å²) in [6, 6.07) is 7.10. The summed E-state index contributed by atoms with van der Waals surface area (Å²) in [5.41, 5.74) is 1.55. The third kappa shape index (κ3) is 3.83. The Balaban J connectivity index is 2.68. The van der Waals surface area contributed by atoms with Gasteiger partial charge in [-0.1, -0.05) is 0 Å². The Bertz CT molecular complexity index is 313. The highest BCUT2D eigenvalue weighted by Crippen LogP contribution is 2.13. The van der Waals surface area contributed by atoms with Crippen molar-refractivity contribution in [1.82, 2.24) is 0 Å². The van der Waals surface area contributed by atoms with Gasteiger partial charge in [0.05, 0.1) is 22.1 Å². The molecule has 0 fully saturated rings. The lowest BCUT2D eigenvalue weighted by Crippen LogP contribution is -2.12. The van der Waals surface area contributed by atoms with Gasteiger partial charge in [0, 0.05) is 11.4 Å². The lowest BCUT2D eigenvalue weighted by Gasteiger charge is -2.06. The summed E-state index contributed by atoms with van der Waals surface area (Å²) in [6.45, 7) is 0. The smallest absolute Gasteiger partial charge is 0.0607 e. The van der Waals surface area contributed by atoms with E-state index in [1.165, 1.54) is 0 Å². The van der Waals surface area contributed by atoms with Crippen LogP contribution in [0.2, 0.25) is 0 Å². The Morgan fingerprint density at radius 2 is 1.14 bits per heavy atom. The molecular weight excluding hydrogens is 220 g/mol. The van der Waals surface area contributed by atoms with Gasteiger partial charge in [0.2, 0.25) is 0 Å². The van der Waals surface area contributed by atoms with E-state index in [9.17, 15) is 0 Å². The van der Waals surface area contributed by atoms with Crippen LogP contribution in [0.5, 0.6) is 0 Å². The molecule has 0 saturated heterocycles. The molecule has 0 spiro atoms. The van der Waals surface area contributed by atoms with Crippen LogP contribution in [-0.4, -0.2) is 0 Å². The summed E-state index contributed by atoms with van der Waals surface area (Å²) in [5, 5.41) is 10.5. The highest BCUT2D eigenvalue weighted by molar-refractivity contribution is 7.85. The third-order valence-electron chi connectivity index (χ3n) is 1.34. The van der Waals surface area contributed by atoms with E-state index in [1.807, 2.05) is 0 Å². The molecule has 0 aliphatic carbocycles. The van der Waals surface area contributed by atoms with E-state index in [2.05, 4.69) is 9.44 Å². The molecule has 8 N–H and O–H groups in total. The molecule has 6 nitrogen and oxygen atoms in total. The second-order valence-corrected chi connectivity index (χ2v) is 4.22. The van der Waals surface area contributed by atoms with Crippen LogP contribution in [-0.2, 0) is 22.1 Å². The number of benzene rings is 1. The van der Waals surface area contributed by atoms with Crippen molar-refractivity contribution in [2.75, 3.05) is 9.44 Å². The Hall–Kier alpha value is -0.960.